The highest BCUT2D eigenvalue weighted by Gasteiger charge is 2.31. The molecule has 1 amide bonds. The maximum atomic E-state index is 13.0. The number of rotatable bonds is 48. The van der Waals surface area contributed by atoms with E-state index in [1.165, 1.54) is 161 Å². The maximum Gasteiger partial charge on any atom is 0.472 e. The number of phosphoric acid groups is 1. The number of nitrogens with one attached hydrogen (secondary N) is 1. The fourth-order valence-corrected chi connectivity index (χ4v) is 8.47. The fourth-order valence-electron chi connectivity index (χ4n) is 7.74. The quantitative estimate of drug-likeness (QED) is 0.0207. The lowest BCUT2D eigenvalue weighted by molar-refractivity contribution is -0.870. The molecule has 10 heteroatoms. The smallest absolute Gasteiger partial charge is 0.390 e. The van der Waals surface area contributed by atoms with Gasteiger partial charge < -0.3 is 24.9 Å². The van der Waals surface area contributed by atoms with Gasteiger partial charge in [-0.05, 0) is 51.4 Å². The van der Waals surface area contributed by atoms with Crippen molar-refractivity contribution in [2.75, 3.05) is 40.9 Å². The number of aliphatic hydroxyl groups excluding tert-OH is 2. The van der Waals surface area contributed by atoms with Crippen LogP contribution in [-0.4, -0.2) is 84.6 Å². The third-order valence-corrected chi connectivity index (χ3v) is 13.0. The molecule has 372 valence electrons. The Hall–Kier alpha value is -1.32. The van der Waals surface area contributed by atoms with E-state index >= 15 is 0 Å². The van der Waals surface area contributed by atoms with Gasteiger partial charge in [0.1, 0.15) is 19.3 Å². The van der Waals surface area contributed by atoms with Gasteiger partial charge in [0.25, 0.3) is 0 Å². The molecule has 9 nitrogen and oxygen atoms in total. The number of phosphoric ester groups is 1. The number of aliphatic hydroxyl groups is 2. The zero-order valence-electron chi connectivity index (χ0n) is 41.9. The minimum atomic E-state index is -4.42. The van der Waals surface area contributed by atoms with E-state index in [0.717, 1.165) is 51.4 Å². The fraction of sp³-hybridized carbons (Fsp3) is 0.868. The van der Waals surface area contributed by atoms with Crippen molar-refractivity contribution in [3.05, 3.63) is 36.5 Å². The van der Waals surface area contributed by atoms with E-state index < -0.39 is 32.7 Å². The van der Waals surface area contributed by atoms with Crippen LogP contribution in [0.15, 0.2) is 36.5 Å². The lowest BCUT2D eigenvalue weighted by Gasteiger charge is -2.28. The standard InChI is InChI=1S/C53H103N2O7P/c1-6-8-10-12-14-16-18-20-21-22-23-24-25-26-27-28-29-30-31-32-33-34-36-38-40-42-44-46-52(57)54-50(49-62-63(59,60)61-48-47-55(3,4)5)53(58)51(56)45-43-41-39-37-35-19-17-15-13-11-9-7-2/h18,20,22-23,25-26,50-51,53,56,58H,6-17,19,21,24,27-49H2,1-5H3,(H-,54,57,59,60)/p+1/b20-18-,23-22-,26-25-. The van der Waals surface area contributed by atoms with Crippen molar-refractivity contribution in [3.8, 4) is 0 Å². The summed E-state index contributed by atoms with van der Waals surface area (Å²) in [5.41, 5.74) is 0. The molecule has 0 aromatic heterocycles. The monoisotopic (exact) mass is 912 g/mol. The van der Waals surface area contributed by atoms with Gasteiger partial charge in [0.05, 0.1) is 39.9 Å². The molecule has 0 aliphatic carbocycles. The second-order valence-electron chi connectivity index (χ2n) is 19.4. The molecular weight excluding hydrogens is 808 g/mol. The van der Waals surface area contributed by atoms with Crippen molar-refractivity contribution in [2.45, 2.75) is 257 Å². The Morgan fingerprint density at radius 3 is 1.37 bits per heavy atom. The van der Waals surface area contributed by atoms with Gasteiger partial charge in [-0.3, -0.25) is 13.8 Å². The Morgan fingerprint density at radius 2 is 0.937 bits per heavy atom. The van der Waals surface area contributed by atoms with E-state index in [1.54, 1.807) is 0 Å². The van der Waals surface area contributed by atoms with Crippen LogP contribution in [0.5, 0.6) is 0 Å². The number of carbonyl (C=O) groups is 1. The van der Waals surface area contributed by atoms with E-state index in [1.807, 2.05) is 21.1 Å². The minimum Gasteiger partial charge on any atom is -0.390 e. The zero-order chi connectivity index (χ0) is 46.5. The van der Waals surface area contributed by atoms with Crippen LogP contribution in [0.25, 0.3) is 0 Å². The van der Waals surface area contributed by atoms with Crippen LogP contribution in [0, 0.1) is 0 Å². The van der Waals surface area contributed by atoms with Crippen molar-refractivity contribution in [1.82, 2.24) is 5.32 Å². The summed E-state index contributed by atoms with van der Waals surface area (Å²) in [6.07, 6.45) is 52.1. The first kappa shape index (κ1) is 61.7. The number of carbonyl (C=O) groups excluding carboxylic acids is 1. The van der Waals surface area contributed by atoms with Gasteiger partial charge in [0.2, 0.25) is 5.91 Å². The lowest BCUT2D eigenvalue weighted by Crippen LogP contribution is -2.51. The summed E-state index contributed by atoms with van der Waals surface area (Å²) in [7, 11) is 1.44. The number of unbranched alkanes of at least 4 members (excludes halogenated alkanes) is 28. The molecule has 0 bridgehead atoms. The Kier molecular flexibility index (Phi) is 43.6. The molecule has 4 atom stereocenters. The molecule has 0 aromatic rings. The van der Waals surface area contributed by atoms with Crippen LogP contribution < -0.4 is 5.32 Å². The summed E-state index contributed by atoms with van der Waals surface area (Å²) in [6.45, 7) is 4.60. The molecule has 0 saturated heterocycles. The highest BCUT2D eigenvalue weighted by atomic mass is 31.2. The van der Waals surface area contributed by atoms with Gasteiger partial charge >= 0.3 is 7.82 Å². The van der Waals surface area contributed by atoms with Crippen LogP contribution in [0.2, 0.25) is 0 Å². The van der Waals surface area contributed by atoms with Gasteiger partial charge in [-0.15, -0.1) is 0 Å². The number of allylic oxidation sites excluding steroid dienone is 6. The van der Waals surface area contributed by atoms with Crippen molar-refractivity contribution >= 4 is 13.7 Å². The van der Waals surface area contributed by atoms with Crippen LogP contribution >= 0.6 is 7.82 Å². The third-order valence-electron chi connectivity index (χ3n) is 12.0. The predicted molar refractivity (Wildman–Crippen MR) is 269 cm³/mol. The van der Waals surface area contributed by atoms with Crippen molar-refractivity contribution in [2.24, 2.45) is 0 Å². The molecule has 0 aliphatic heterocycles. The molecule has 0 spiro atoms. The molecule has 63 heavy (non-hydrogen) atoms. The molecule has 0 aromatic carbocycles. The van der Waals surface area contributed by atoms with Crippen molar-refractivity contribution in [1.29, 1.82) is 0 Å². The summed E-state index contributed by atoms with van der Waals surface area (Å²) >= 11 is 0. The van der Waals surface area contributed by atoms with Gasteiger partial charge in [-0.25, -0.2) is 4.57 Å². The second kappa shape index (κ2) is 44.5. The third kappa shape index (κ3) is 45.6. The molecule has 4 N–H and O–H groups in total. The molecular formula is C53H104N2O7P+. The van der Waals surface area contributed by atoms with E-state index in [4.69, 9.17) is 9.05 Å². The summed E-state index contributed by atoms with van der Waals surface area (Å²) < 4.78 is 23.6. The summed E-state index contributed by atoms with van der Waals surface area (Å²) in [5, 5.41) is 24.8. The molecule has 4 unspecified atom stereocenters. The SMILES string of the molecule is CCCCCCC/C=C\C/C=C\C/C=C\CCCCCCCCCCCCCCC(=O)NC(COP(=O)(O)OCC[N+](C)(C)C)C(O)C(O)CCCCCCCCCCCCCC. The Labute approximate surface area is 389 Å². The largest absolute Gasteiger partial charge is 0.472 e. The van der Waals surface area contributed by atoms with Gasteiger partial charge in [-0.2, -0.15) is 0 Å². The van der Waals surface area contributed by atoms with Gasteiger partial charge in [0.15, 0.2) is 0 Å². The number of likely N-dealkylation sites (N-methyl/N-ethyl adjacent to an activating group) is 1. The highest BCUT2D eigenvalue weighted by Crippen LogP contribution is 2.43. The van der Waals surface area contributed by atoms with E-state index in [0.29, 0.717) is 23.9 Å². The first-order valence-electron chi connectivity index (χ1n) is 26.4. The lowest BCUT2D eigenvalue weighted by atomic mass is 9.99. The van der Waals surface area contributed by atoms with Crippen molar-refractivity contribution in [3.63, 3.8) is 0 Å². The first-order valence-corrected chi connectivity index (χ1v) is 27.9. The number of hydrogen-bond acceptors (Lipinski definition) is 6. The van der Waals surface area contributed by atoms with Gasteiger partial charge in [0, 0.05) is 6.42 Å². The van der Waals surface area contributed by atoms with Crippen LogP contribution in [-0.2, 0) is 18.4 Å². The van der Waals surface area contributed by atoms with Crippen LogP contribution in [0.4, 0.5) is 0 Å². The highest BCUT2D eigenvalue weighted by molar-refractivity contribution is 7.47. The van der Waals surface area contributed by atoms with E-state index in [2.05, 4.69) is 55.6 Å². The molecule has 0 aliphatic rings. The summed E-state index contributed by atoms with van der Waals surface area (Å²) in [4.78, 5) is 23.3. The summed E-state index contributed by atoms with van der Waals surface area (Å²) in [6, 6.07) is -1.03. The Morgan fingerprint density at radius 1 is 0.556 bits per heavy atom. The number of hydrogen-bond donors (Lipinski definition) is 4. The van der Waals surface area contributed by atoms with Crippen LogP contribution in [0.3, 0.4) is 0 Å². The molecule has 0 fully saturated rings. The normalized spacial score (nSPS) is 14.9. The number of amides is 1. The number of nitrogens with zero attached hydrogens (tertiary/aromatic N) is 1. The molecule has 0 radical (unpaired) electrons. The maximum absolute atomic E-state index is 13.0. The Bertz CT molecular complexity index is 1140. The predicted octanol–water partition coefficient (Wildman–Crippen LogP) is 14.4. The molecule has 0 heterocycles. The van der Waals surface area contributed by atoms with Gasteiger partial charge in [-0.1, -0.05) is 217 Å². The summed E-state index contributed by atoms with van der Waals surface area (Å²) in [5.74, 6) is -0.260. The average molecular weight is 912 g/mol. The topological polar surface area (TPSA) is 125 Å². The first-order chi connectivity index (χ1) is 30.4. The average Bonchev–Trinajstić information content (AvgIpc) is 3.24. The minimum absolute atomic E-state index is 0.0215. The number of quaternary nitrogens is 1. The Balaban J connectivity index is 4.24. The van der Waals surface area contributed by atoms with E-state index in [9.17, 15) is 24.5 Å². The van der Waals surface area contributed by atoms with Crippen LogP contribution in [0.1, 0.15) is 239 Å². The molecule has 0 rings (SSSR count). The zero-order valence-corrected chi connectivity index (χ0v) is 42.8. The van der Waals surface area contributed by atoms with Crippen molar-refractivity contribution < 1.29 is 38.0 Å². The second-order valence-corrected chi connectivity index (χ2v) is 20.8. The van der Waals surface area contributed by atoms with E-state index in [-0.39, 0.29) is 12.5 Å². The molecule has 0 saturated carbocycles.